The van der Waals surface area contributed by atoms with Crippen LogP contribution >= 0.6 is 11.6 Å². The molecule has 0 heterocycles. The topological polar surface area (TPSA) is 75.3 Å². The number of nitrogens with one attached hydrogen (secondary N) is 2. The average molecular weight is 379 g/mol. The van der Waals surface area contributed by atoms with E-state index in [-0.39, 0.29) is 23.4 Å². The highest BCUT2D eigenvalue weighted by Crippen LogP contribution is 2.20. The number of rotatable bonds is 7. The van der Waals surface area contributed by atoms with E-state index in [1.807, 2.05) is 12.1 Å². The van der Waals surface area contributed by atoms with Crippen molar-refractivity contribution in [3.05, 3.63) is 64.7 Å². The highest BCUT2D eigenvalue weighted by atomic mass is 35.5. The molecular formula is C18H19ClN2O3S. The summed E-state index contributed by atoms with van der Waals surface area (Å²) in [7, 11) is -3.66. The second-order valence-corrected chi connectivity index (χ2v) is 8.25. The molecule has 25 heavy (non-hydrogen) atoms. The monoisotopic (exact) mass is 378 g/mol. The Morgan fingerprint density at radius 2 is 1.84 bits per heavy atom. The SMILES string of the molecule is O=C(NC1CC1)c1cccc(S(=O)(=O)NCCc2ccc(Cl)cc2)c1. The van der Waals surface area contributed by atoms with Crippen LogP contribution in [0, 0.1) is 0 Å². The zero-order chi connectivity index (χ0) is 17.9. The fourth-order valence-corrected chi connectivity index (χ4v) is 3.57. The van der Waals surface area contributed by atoms with Gasteiger partial charge in [-0.15, -0.1) is 0 Å². The molecule has 7 heteroatoms. The molecule has 5 nitrogen and oxygen atoms in total. The van der Waals surface area contributed by atoms with Crippen LogP contribution in [0.2, 0.25) is 5.02 Å². The molecule has 2 aromatic carbocycles. The Morgan fingerprint density at radius 1 is 1.12 bits per heavy atom. The molecule has 2 aromatic rings. The third kappa shape index (κ3) is 5.04. The van der Waals surface area contributed by atoms with Gasteiger partial charge < -0.3 is 5.32 Å². The third-order valence-electron chi connectivity index (χ3n) is 3.94. The van der Waals surface area contributed by atoms with Crippen LogP contribution in [0.15, 0.2) is 53.4 Å². The van der Waals surface area contributed by atoms with Crippen molar-refractivity contribution >= 4 is 27.5 Å². The molecule has 0 spiro atoms. The largest absolute Gasteiger partial charge is 0.349 e. The maximum absolute atomic E-state index is 12.4. The zero-order valence-corrected chi connectivity index (χ0v) is 15.1. The summed E-state index contributed by atoms with van der Waals surface area (Å²) >= 11 is 5.83. The first-order valence-electron chi connectivity index (χ1n) is 8.09. The van der Waals surface area contributed by atoms with Gasteiger partial charge in [0, 0.05) is 23.2 Å². The Hall–Kier alpha value is -1.89. The van der Waals surface area contributed by atoms with Gasteiger partial charge in [0.25, 0.3) is 5.91 Å². The molecule has 1 saturated carbocycles. The van der Waals surface area contributed by atoms with E-state index >= 15 is 0 Å². The fraction of sp³-hybridized carbons (Fsp3) is 0.278. The minimum Gasteiger partial charge on any atom is -0.349 e. The van der Waals surface area contributed by atoms with E-state index in [1.165, 1.54) is 12.1 Å². The lowest BCUT2D eigenvalue weighted by atomic mass is 10.2. The van der Waals surface area contributed by atoms with Gasteiger partial charge in [0.05, 0.1) is 4.90 Å². The van der Waals surface area contributed by atoms with Gasteiger partial charge in [-0.25, -0.2) is 13.1 Å². The minimum absolute atomic E-state index is 0.0899. The number of carbonyl (C=O) groups excluding carboxylic acids is 1. The number of hydrogen-bond donors (Lipinski definition) is 2. The molecule has 0 aromatic heterocycles. The van der Waals surface area contributed by atoms with Crippen LogP contribution in [0.25, 0.3) is 0 Å². The van der Waals surface area contributed by atoms with E-state index in [1.54, 1.807) is 24.3 Å². The van der Waals surface area contributed by atoms with Gasteiger partial charge in [-0.1, -0.05) is 29.8 Å². The first-order chi connectivity index (χ1) is 11.9. The van der Waals surface area contributed by atoms with Crippen LogP contribution in [0.3, 0.4) is 0 Å². The predicted octanol–water partition coefficient (Wildman–Crippen LogP) is 2.75. The Kier molecular flexibility index (Phi) is 5.42. The van der Waals surface area contributed by atoms with Gasteiger partial charge >= 0.3 is 0 Å². The molecule has 0 radical (unpaired) electrons. The molecule has 132 valence electrons. The van der Waals surface area contributed by atoms with Crippen molar-refractivity contribution in [2.45, 2.75) is 30.2 Å². The predicted molar refractivity (Wildman–Crippen MR) is 97.3 cm³/mol. The molecule has 0 saturated heterocycles. The smallest absolute Gasteiger partial charge is 0.251 e. The van der Waals surface area contributed by atoms with Gasteiger partial charge in [-0.05, 0) is 55.2 Å². The Labute approximate surface area is 152 Å². The lowest BCUT2D eigenvalue weighted by Gasteiger charge is -2.09. The van der Waals surface area contributed by atoms with E-state index in [0.29, 0.717) is 17.0 Å². The summed E-state index contributed by atoms with van der Waals surface area (Å²) in [5.41, 5.74) is 1.34. The highest BCUT2D eigenvalue weighted by Gasteiger charge is 2.24. The first kappa shape index (κ1) is 17.9. The normalized spacial score (nSPS) is 14.3. The number of carbonyl (C=O) groups is 1. The van der Waals surface area contributed by atoms with Crippen molar-refractivity contribution in [2.75, 3.05) is 6.54 Å². The fourth-order valence-electron chi connectivity index (χ4n) is 2.37. The van der Waals surface area contributed by atoms with Crippen molar-refractivity contribution in [3.63, 3.8) is 0 Å². The van der Waals surface area contributed by atoms with Gasteiger partial charge in [-0.2, -0.15) is 0 Å². The minimum atomic E-state index is -3.66. The van der Waals surface area contributed by atoms with Gasteiger partial charge in [0.1, 0.15) is 0 Å². The van der Waals surface area contributed by atoms with Crippen molar-refractivity contribution in [1.29, 1.82) is 0 Å². The molecule has 0 atom stereocenters. The number of amides is 1. The third-order valence-corrected chi connectivity index (χ3v) is 5.65. The van der Waals surface area contributed by atoms with E-state index in [2.05, 4.69) is 10.0 Å². The van der Waals surface area contributed by atoms with Crippen LogP contribution in [-0.4, -0.2) is 26.9 Å². The van der Waals surface area contributed by atoms with Crippen molar-refractivity contribution in [2.24, 2.45) is 0 Å². The molecule has 0 unspecified atom stereocenters. The quantitative estimate of drug-likeness (QED) is 0.777. The van der Waals surface area contributed by atoms with Crippen LogP contribution < -0.4 is 10.0 Å². The maximum atomic E-state index is 12.4. The summed E-state index contributed by atoms with van der Waals surface area (Å²) < 4.78 is 27.4. The van der Waals surface area contributed by atoms with Gasteiger partial charge in [0.15, 0.2) is 0 Å². The molecule has 0 bridgehead atoms. The second kappa shape index (κ2) is 7.56. The molecule has 2 N–H and O–H groups in total. The zero-order valence-electron chi connectivity index (χ0n) is 13.5. The lowest BCUT2D eigenvalue weighted by molar-refractivity contribution is 0.0951. The molecule has 1 amide bonds. The Morgan fingerprint density at radius 3 is 2.52 bits per heavy atom. The van der Waals surface area contributed by atoms with Crippen molar-refractivity contribution < 1.29 is 13.2 Å². The summed E-state index contributed by atoms with van der Waals surface area (Å²) in [6.45, 7) is 0.266. The summed E-state index contributed by atoms with van der Waals surface area (Å²) in [5, 5.41) is 3.50. The van der Waals surface area contributed by atoms with Crippen LogP contribution in [-0.2, 0) is 16.4 Å². The summed E-state index contributed by atoms with van der Waals surface area (Å²) in [4.78, 5) is 12.2. The lowest BCUT2D eigenvalue weighted by Crippen LogP contribution is -2.28. The van der Waals surface area contributed by atoms with E-state index in [4.69, 9.17) is 11.6 Å². The van der Waals surface area contributed by atoms with Gasteiger partial charge in [0.2, 0.25) is 10.0 Å². The van der Waals surface area contributed by atoms with Crippen LogP contribution in [0.4, 0.5) is 0 Å². The summed E-state index contributed by atoms with van der Waals surface area (Å²) in [5.74, 6) is -0.235. The van der Waals surface area contributed by atoms with E-state index < -0.39 is 10.0 Å². The van der Waals surface area contributed by atoms with E-state index in [0.717, 1.165) is 18.4 Å². The summed E-state index contributed by atoms with van der Waals surface area (Å²) in [6, 6.07) is 13.6. The average Bonchev–Trinajstić information content (AvgIpc) is 3.41. The standard InChI is InChI=1S/C18H19ClN2O3S/c19-15-6-4-13(5-7-15)10-11-20-25(23,24)17-3-1-2-14(12-17)18(22)21-16-8-9-16/h1-7,12,16,20H,8-11H2,(H,21,22). The number of sulfonamides is 1. The number of halogens is 1. The molecule has 1 fully saturated rings. The second-order valence-electron chi connectivity index (χ2n) is 6.05. The van der Waals surface area contributed by atoms with Crippen molar-refractivity contribution in [1.82, 2.24) is 10.0 Å². The van der Waals surface area contributed by atoms with Crippen LogP contribution in [0.1, 0.15) is 28.8 Å². The molecule has 0 aliphatic heterocycles. The molecular weight excluding hydrogens is 360 g/mol. The highest BCUT2D eigenvalue weighted by molar-refractivity contribution is 7.89. The van der Waals surface area contributed by atoms with E-state index in [9.17, 15) is 13.2 Å². The first-order valence-corrected chi connectivity index (χ1v) is 9.95. The van der Waals surface area contributed by atoms with Crippen molar-refractivity contribution in [3.8, 4) is 0 Å². The number of hydrogen-bond acceptors (Lipinski definition) is 3. The molecule has 1 aliphatic carbocycles. The Balaban J connectivity index is 1.62. The Bertz CT molecular complexity index is 862. The maximum Gasteiger partial charge on any atom is 0.251 e. The molecule has 1 aliphatic rings. The van der Waals surface area contributed by atoms with Crippen LogP contribution in [0.5, 0.6) is 0 Å². The number of benzene rings is 2. The summed E-state index contributed by atoms with van der Waals surface area (Å²) in [6.07, 6.45) is 2.52. The molecule has 3 rings (SSSR count). The van der Waals surface area contributed by atoms with Gasteiger partial charge in [-0.3, -0.25) is 4.79 Å².